The molecule has 0 aliphatic heterocycles. The van der Waals surface area contributed by atoms with Crippen molar-refractivity contribution < 1.29 is 4.79 Å². The maximum absolute atomic E-state index is 10.1. The predicted octanol–water partition coefficient (Wildman–Crippen LogP) is 3.21. The Hall–Kier alpha value is -0.370. The van der Waals surface area contributed by atoms with Crippen molar-refractivity contribution in [3.05, 3.63) is 22.7 Å². The Morgan fingerprint density at radius 1 is 1.64 bits per heavy atom. The summed E-state index contributed by atoms with van der Waals surface area (Å²) in [6.45, 7) is 5.80. The minimum atomic E-state index is 0.638. The quantitative estimate of drug-likeness (QED) is 0.299. The lowest BCUT2D eigenvalue weighted by Gasteiger charge is -1.94. The molecule has 0 fully saturated rings. The van der Waals surface area contributed by atoms with E-state index >= 15 is 0 Å². The second-order valence-electron chi connectivity index (χ2n) is 2.56. The summed E-state index contributed by atoms with van der Waals surface area (Å²) in [6, 6.07) is 0. The van der Waals surface area contributed by atoms with Gasteiger partial charge in [0.15, 0.2) is 6.29 Å². The summed E-state index contributed by atoms with van der Waals surface area (Å²) in [6.07, 6.45) is 5.73. The van der Waals surface area contributed by atoms with Crippen molar-refractivity contribution in [2.45, 2.75) is 26.2 Å². The molecule has 0 aromatic carbocycles. The molecule has 0 bridgehead atoms. The van der Waals surface area contributed by atoms with Gasteiger partial charge in [-0.3, -0.25) is 4.79 Å². The third kappa shape index (κ3) is 7.53. The molecular formula is C9H13BrO. The number of rotatable bonds is 5. The Kier molecular flexibility index (Phi) is 6.13. The largest absolute Gasteiger partial charge is 0.297 e. The first-order chi connectivity index (χ1) is 5.16. The number of aldehydes is 1. The Bertz CT molecular complexity index is 170. The van der Waals surface area contributed by atoms with Gasteiger partial charge in [0.05, 0.1) is 4.48 Å². The van der Waals surface area contributed by atoms with Crippen LogP contribution in [-0.2, 0) is 4.79 Å². The minimum Gasteiger partial charge on any atom is -0.297 e. The zero-order valence-electron chi connectivity index (χ0n) is 6.77. The van der Waals surface area contributed by atoms with Crippen molar-refractivity contribution in [2.75, 3.05) is 0 Å². The van der Waals surface area contributed by atoms with E-state index in [-0.39, 0.29) is 0 Å². The standard InChI is InChI=1S/C9H13BrO/c1-8(2)5-3-4-6-9(10)7-11/h6-7H,1,3-5H2,2H3/b9-6-. The topological polar surface area (TPSA) is 17.1 Å². The van der Waals surface area contributed by atoms with Crippen LogP contribution in [0.25, 0.3) is 0 Å². The molecule has 0 spiro atoms. The van der Waals surface area contributed by atoms with Crippen molar-refractivity contribution >= 4 is 22.2 Å². The highest BCUT2D eigenvalue weighted by Crippen LogP contribution is 2.08. The summed E-state index contributed by atoms with van der Waals surface area (Å²) in [5.74, 6) is 0. The van der Waals surface area contributed by atoms with Crippen molar-refractivity contribution in [3.63, 3.8) is 0 Å². The van der Waals surface area contributed by atoms with Gasteiger partial charge in [0.1, 0.15) is 0 Å². The second-order valence-corrected chi connectivity index (χ2v) is 3.47. The van der Waals surface area contributed by atoms with Gasteiger partial charge in [-0.15, -0.1) is 6.58 Å². The first kappa shape index (κ1) is 10.6. The van der Waals surface area contributed by atoms with E-state index in [4.69, 9.17) is 0 Å². The zero-order chi connectivity index (χ0) is 8.69. The molecule has 62 valence electrons. The molecule has 0 aromatic heterocycles. The van der Waals surface area contributed by atoms with E-state index < -0.39 is 0 Å². The minimum absolute atomic E-state index is 0.638. The summed E-state index contributed by atoms with van der Waals surface area (Å²) < 4.78 is 0.638. The van der Waals surface area contributed by atoms with Gasteiger partial charge in [0, 0.05) is 0 Å². The van der Waals surface area contributed by atoms with Gasteiger partial charge in [-0.05, 0) is 42.1 Å². The van der Waals surface area contributed by atoms with Crippen LogP contribution in [-0.4, -0.2) is 6.29 Å². The van der Waals surface area contributed by atoms with Crippen molar-refractivity contribution in [3.8, 4) is 0 Å². The maximum atomic E-state index is 10.1. The molecule has 0 atom stereocenters. The molecule has 0 heterocycles. The molecule has 0 N–H and O–H groups in total. The lowest BCUT2D eigenvalue weighted by molar-refractivity contribution is -0.104. The predicted molar refractivity (Wildman–Crippen MR) is 51.7 cm³/mol. The fourth-order valence-electron chi connectivity index (χ4n) is 0.692. The highest BCUT2D eigenvalue weighted by molar-refractivity contribution is 9.12. The number of carbonyl (C=O) groups excluding carboxylic acids is 1. The number of unbranched alkanes of at least 4 members (excludes halogenated alkanes) is 1. The average molecular weight is 217 g/mol. The van der Waals surface area contributed by atoms with Crippen LogP contribution in [0, 0.1) is 0 Å². The summed E-state index contributed by atoms with van der Waals surface area (Å²) in [5.41, 5.74) is 1.20. The Labute approximate surface area is 76.3 Å². The fraction of sp³-hybridized carbons (Fsp3) is 0.444. The zero-order valence-corrected chi connectivity index (χ0v) is 8.36. The van der Waals surface area contributed by atoms with Gasteiger partial charge in [-0.2, -0.15) is 0 Å². The van der Waals surface area contributed by atoms with Gasteiger partial charge >= 0.3 is 0 Å². The van der Waals surface area contributed by atoms with E-state index in [9.17, 15) is 4.79 Å². The first-order valence-electron chi connectivity index (χ1n) is 3.62. The SMILES string of the molecule is C=C(C)CCC/C=C(\Br)C=O. The molecule has 0 saturated heterocycles. The summed E-state index contributed by atoms with van der Waals surface area (Å²) in [7, 11) is 0. The Morgan fingerprint density at radius 3 is 2.73 bits per heavy atom. The smallest absolute Gasteiger partial charge is 0.156 e. The lowest BCUT2D eigenvalue weighted by atomic mass is 10.1. The van der Waals surface area contributed by atoms with Crippen LogP contribution in [0.4, 0.5) is 0 Å². The molecule has 1 nitrogen and oxygen atoms in total. The molecule has 0 aliphatic rings. The van der Waals surface area contributed by atoms with E-state index in [0.717, 1.165) is 25.5 Å². The highest BCUT2D eigenvalue weighted by atomic mass is 79.9. The summed E-state index contributed by atoms with van der Waals surface area (Å²) in [4.78, 5) is 10.1. The van der Waals surface area contributed by atoms with Crippen molar-refractivity contribution in [1.29, 1.82) is 0 Å². The fourth-order valence-corrected chi connectivity index (χ4v) is 0.921. The summed E-state index contributed by atoms with van der Waals surface area (Å²) in [5, 5.41) is 0. The number of hydrogen-bond donors (Lipinski definition) is 0. The normalized spacial score (nSPS) is 11.3. The molecular weight excluding hydrogens is 204 g/mol. The van der Waals surface area contributed by atoms with Gasteiger partial charge < -0.3 is 0 Å². The van der Waals surface area contributed by atoms with Crippen LogP contribution in [0.5, 0.6) is 0 Å². The van der Waals surface area contributed by atoms with E-state index in [1.54, 1.807) is 0 Å². The molecule has 0 aliphatic carbocycles. The van der Waals surface area contributed by atoms with Crippen LogP contribution < -0.4 is 0 Å². The molecule has 0 unspecified atom stereocenters. The van der Waals surface area contributed by atoms with Crippen molar-refractivity contribution in [2.24, 2.45) is 0 Å². The lowest BCUT2D eigenvalue weighted by Crippen LogP contribution is -1.76. The molecule has 2 heteroatoms. The van der Waals surface area contributed by atoms with Crippen LogP contribution in [0.15, 0.2) is 22.7 Å². The van der Waals surface area contributed by atoms with Crippen molar-refractivity contribution in [1.82, 2.24) is 0 Å². The van der Waals surface area contributed by atoms with Gasteiger partial charge in [-0.25, -0.2) is 0 Å². The van der Waals surface area contributed by atoms with Gasteiger partial charge in [0.2, 0.25) is 0 Å². The Balaban J connectivity index is 3.41. The average Bonchev–Trinajstić information content (AvgIpc) is 1.97. The molecule has 0 radical (unpaired) electrons. The van der Waals surface area contributed by atoms with E-state index in [2.05, 4.69) is 22.5 Å². The van der Waals surface area contributed by atoms with Crippen LogP contribution in [0.1, 0.15) is 26.2 Å². The van der Waals surface area contributed by atoms with E-state index in [0.29, 0.717) is 4.48 Å². The number of carbonyl (C=O) groups is 1. The Morgan fingerprint density at radius 2 is 2.27 bits per heavy atom. The first-order valence-corrected chi connectivity index (χ1v) is 4.41. The highest BCUT2D eigenvalue weighted by Gasteiger charge is 1.88. The van der Waals surface area contributed by atoms with Crippen LogP contribution in [0.3, 0.4) is 0 Å². The monoisotopic (exact) mass is 216 g/mol. The second kappa shape index (κ2) is 6.35. The number of allylic oxidation sites excluding steroid dienone is 3. The number of halogens is 1. The molecule has 0 saturated carbocycles. The molecule has 11 heavy (non-hydrogen) atoms. The van der Waals surface area contributed by atoms with E-state index in [1.165, 1.54) is 5.57 Å². The van der Waals surface area contributed by atoms with Gasteiger partial charge in [0.25, 0.3) is 0 Å². The van der Waals surface area contributed by atoms with Crippen LogP contribution in [0.2, 0.25) is 0 Å². The summed E-state index contributed by atoms with van der Waals surface area (Å²) >= 11 is 3.11. The maximum Gasteiger partial charge on any atom is 0.156 e. The van der Waals surface area contributed by atoms with E-state index in [1.807, 2.05) is 13.0 Å². The third-order valence-corrected chi connectivity index (χ3v) is 1.77. The number of hydrogen-bond acceptors (Lipinski definition) is 1. The van der Waals surface area contributed by atoms with Crippen LogP contribution >= 0.6 is 15.9 Å². The molecule has 0 amide bonds. The third-order valence-electron chi connectivity index (χ3n) is 1.26. The molecule has 0 aromatic rings. The van der Waals surface area contributed by atoms with Gasteiger partial charge in [-0.1, -0.05) is 11.6 Å². The molecule has 0 rings (SSSR count).